The van der Waals surface area contributed by atoms with E-state index in [4.69, 9.17) is 9.84 Å². The first-order chi connectivity index (χ1) is 7.13. The third-order valence-corrected chi connectivity index (χ3v) is 2.16. The van der Waals surface area contributed by atoms with Gasteiger partial charge in [-0.25, -0.2) is 0 Å². The smallest absolute Gasteiger partial charge is 0.161 e. The second-order valence-electron chi connectivity index (χ2n) is 3.56. The first-order valence-electron chi connectivity index (χ1n) is 4.96. The zero-order chi connectivity index (χ0) is 11.3. The molecule has 0 atom stereocenters. The van der Waals surface area contributed by atoms with Gasteiger partial charge in [0.1, 0.15) is 12.4 Å². The molecule has 3 heteroatoms. The lowest BCUT2D eigenvalue weighted by molar-refractivity contribution is -0.122. The summed E-state index contributed by atoms with van der Waals surface area (Å²) >= 11 is 0. The van der Waals surface area contributed by atoms with Crippen molar-refractivity contribution in [3.8, 4) is 5.75 Å². The third-order valence-electron chi connectivity index (χ3n) is 2.16. The van der Waals surface area contributed by atoms with Gasteiger partial charge in [0.15, 0.2) is 5.78 Å². The quantitative estimate of drug-likeness (QED) is 0.800. The number of aliphatic hydroxyl groups is 1. The number of hydrogen-bond donors (Lipinski definition) is 1. The van der Waals surface area contributed by atoms with Crippen LogP contribution in [0.3, 0.4) is 0 Å². The molecule has 0 radical (unpaired) electrons. The molecule has 1 rings (SSSR count). The van der Waals surface area contributed by atoms with E-state index in [0.717, 1.165) is 16.9 Å². The van der Waals surface area contributed by atoms with Crippen LogP contribution in [0.15, 0.2) is 18.2 Å². The average molecular weight is 208 g/mol. The molecular weight excluding hydrogens is 192 g/mol. The number of benzene rings is 1. The Kier molecular flexibility index (Phi) is 4.31. The fourth-order valence-corrected chi connectivity index (χ4v) is 1.22. The fraction of sp³-hybridized carbons (Fsp3) is 0.417. The third kappa shape index (κ3) is 3.72. The van der Waals surface area contributed by atoms with Gasteiger partial charge in [-0.05, 0) is 31.0 Å². The van der Waals surface area contributed by atoms with Crippen LogP contribution in [0.4, 0.5) is 0 Å². The van der Waals surface area contributed by atoms with Crippen molar-refractivity contribution in [1.82, 2.24) is 0 Å². The van der Waals surface area contributed by atoms with Crippen LogP contribution in [0, 0.1) is 13.8 Å². The van der Waals surface area contributed by atoms with Gasteiger partial charge in [0.05, 0.1) is 6.61 Å². The van der Waals surface area contributed by atoms with Gasteiger partial charge in [-0.3, -0.25) is 4.79 Å². The summed E-state index contributed by atoms with van der Waals surface area (Å²) in [5.74, 6) is 0.612. The molecule has 82 valence electrons. The lowest BCUT2D eigenvalue weighted by Crippen LogP contribution is -2.09. The van der Waals surface area contributed by atoms with Crippen LogP contribution in [0.25, 0.3) is 0 Å². The minimum absolute atomic E-state index is 0.194. The molecule has 1 N–H and O–H groups in total. The molecule has 0 bridgehead atoms. The van der Waals surface area contributed by atoms with Crippen molar-refractivity contribution in [2.45, 2.75) is 20.3 Å². The molecule has 0 heterocycles. The fourth-order valence-electron chi connectivity index (χ4n) is 1.22. The highest BCUT2D eigenvalue weighted by atomic mass is 16.5. The standard InChI is InChI=1S/C12H16O3/c1-9-3-4-10(2)12(7-9)15-6-5-11(14)8-13/h3-4,7,13H,5-6,8H2,1-2H3. The number of aryl methyl sites for hydroxylation is 2. The lowest BCUT2D eigenvalue weighted by atomic mass is 10.1. The Morgan fingerprint density at radius 3 is 2.80 bits per heavy atom. The minimum Gasteiger partial charge on any atom is -0.493 e. The summed E-state index contributed by atoms with van der Waals surface area (Å²) < 4.78 is 5.46. The molecule has 0 unspecified atom stereocenters. The van der Waals surface area contributed by atoms with Crippen LogP contribution < -0.4 is 4.74 Å². The Hall–Kier alpha value is -1.35. The maximum Gasteiger partial charge on any atom is 0.161 e. The molecule has 0 fully saturated rings. The topological polar surface area (TPSA) is 46.5 Å². The van der Waals surface area contributed by atoms with Gasteiger partial charge in [-0.1, -0.05) is 12.1 Å². The van der Waals surface area contributed by atoms with E-state index >= 15 is 0 Å². The SMILES string of the molecule is Cc1ccc(C)c(OCCC(=O)CO)c1. The first-order valence-corrected chi connectivity index (χ1v) is 4.96. The molecule has 0 saturated heterocycles. The number of carbonyl (C=O) groups excluding carboxylic acids is 1. The van der Waals surface area contributed by atoms with Gasteiger partial charge in [0, 0.05) is 6.42 Å². The zero-order valence-electron chi connectivity index (χ0n) is 9.12. The second-order valence-corrected chi connectivity index (χ2v) is 3.56. The van der Waals surface area contributed by atoms with Crippen molar-refractivity contribution < 1.29 is 14.6 Å². The normalized spacial score (nSPS) is 10.1. The largest absolute Gasteiger partial charge is 0.493 e. The highest BCUT2D eigenvalue weighted by Gasteiger charge is 2.02. The molecule has 0 aliphatic carbocycles. The molecule has 3 nitrogen and oxygen atoms in total. The van der Waals surface area contributed by atoms with Gasteiger partial charge >= 0.3 is 0 Å². The van der Waals surface area contributed by atoms with Crippen molar-refractivity contribution in [3.05, 3.63) is 29.3 Å². The Labute approximate surface area is 89.7 Å². The molecule has 0 spiro atoms. The summed E-state index contributed by atoms with van der Waals surface area (Å²) in [5.41, 5.74) is 2.18. The number of ketones is 1. The summed E-state index contributed by atoms with van der Waals surface area (Å²) in [6, 6.07) is 5.94. The van der Waals surface area contributed by atoms with Gasteiger partial charge < -0.3 is 9.84 Å². The van der Waals surface area contributed by atoms with E-state index in [0.29, 0.717) is 6.61 Å². The summed E-state index contributed by atoms with van der Waals surface area (Å²) in [4.78, 5) is 10.8. The molecule has 0 saturated carbocycles. The maximum absolute atomic E-state index is 10.8. The molecule has 15 heavy (non-hydrogen) atoms. The number of ether oxygens (including phenoxy) is 1. The number of carbonyl (C=O) groups is 1. The van der Waals surface area contributed by atoms with Crippen molar-refractivity contribution in [2.75, 3.05) is 13.2 Å². The van der Waals surface area contributed by atoms with Gasteiger partial charge in [-0.2, -0.15) is 0 Å². The number of aliphatic hydroxyl groups excluding tert-OH is 1. The highest BCUT2D eigenvalue weighted by Crippen LogP contribution is 2.19. The molecule has 0 amide bonds. The molecule has 0 aliphatic rings. The first kappa shape index (κ1) is 11.7. The van der Waals surface area contributed by atoms with Gasteiger partial charge in [0.2, 0.25) is 0 Å². The summed E-state index contributed by atoms with van der Waals surface area (Å²) in [5, 5.41) is 8.53. The zero-order valence-corrected chi connectivity index (χ0v) is 9.12. The van der Waals surface area contributed by atoms with Crippen molar-refractivity contribution >= 4 is 5.78 Å². The number of rotatable bonds is 5. The predicted octanol–water partition coefficient (Wildman–Crippen LogP) is 1.63. The van der Waals surface area contributed by atoms with E-state index in [9.17, 15) is 4.79 Å². The number of hydrogen-bond acceptors (Lipinski definition) is 3. The molecule has 0 aromatic heterocycles. The molecular formula is C12H16O3. The Bertz CT molecular complexity index is 345. The number of Topliss-reactive ketones (excluding diaryl/α,β-unsaturated/α-hetero) is 1. The van der Waals surface area contributed by atoms with Gasteiger partial charge in [-0.15, -0.1) is 0 Å². The summed E-state index contributed by atoms with van der Waals surface area (Å²) in [6.07, 6.45) is 0.254. The maximum atomic E-state index is 10.8. The van der Waals surface area contributed by atoms with E-state index in [1.165, 1.54) is 0 Å². The summed E-state index contributed by atoms with van der Waals surface area (Å²) in [6.45, 7) is 3.87. The lowest BCUT2D eigenvalue weighted by Gasteiger charge is -2.08. The molecule has 1 aromatic carbocycles. The van der Waals surface area contributed by atoms with Crippen LogP contribution in [-0.2, 0) is 4.79 Å². The predicted molar refractivity (Wildman–Crippen MR) is 58.1 cm³/mol. The van der Waals surface area contributed by atoms with E-state index in [-0.39, 0.29) is 12.2 Å². The van der Waals surface area contributed by atoms with Crippen LogP contribution in [-0.4, -0.2) is 24.1 Å². The average Bonchev–Trinajstić information content (AvgIpc) is 2.23. The Balaban J connectivity index is 2.50. The van der Waals surface area contributed by atoms with E-state index in [2.05, 4.69) is 0 Å². The van der Waals surface area contributed by atoms with Crippen LogP contribution in [0.5, 0.6) is 5.75 Å². The second kappa shape index (κ2) is 5.51. The Morgan fingerprint density at radius 2 is 2.13 bits per heavy atom. The summed E-state index contributed by atoms with van der Waals surface area (Å²) in [7, 11) is 0. The van der Waals surface area contributed by atoms with Crippen molar-refractivity contribution in [1.29, 1.82) is 0 Å². The van der Waals surface area contributed by atoms with E-state index < -0.39 is 6.61 Å². The van der Waals surface area contributed by atoms with Gasteiger partial charge in [0.25, 0.3) is 0 Å². The molecule has 1 aromatic rings. The Morgan fingerprint density at radius 1 is 1.40 bits per heavy atom. The van der Waals surface area contributed by atoms with Crippen molar-refractivity contribution in [2.24, 2.45) is 0 Å². The van der Waals surface area contributed by atoms with E-state index in [1.54, 1.807) is 0 Å². The van der Waals surface area contributed by atoms with Crippen molar-refractivity contribution in [3.63, 3.8) is 0 Å². The van der Waals surface area contributed by atoms with Crippen LogP contribution >= 0.6 is 0 Å². The minimum atomic E-state index is -0.407. The van der Waals surface area contributed by atoms with Crippen LogP contribution in [0.1, 0.15) is 17.5 Å². The highest BCUT2D eigenvalue weighted by molar-refractivity contribution is 5.79. The monoisotopic (exact) mass is 208 g/mol. The van der Waals surface area contributed by atoms with E-state index in [1.807, 2.05) is 32.0 Å². The molecule has 0 aliphatic heterocycles. The van der Waals surface area contributed by atoms with Crippen LogP contribution in [0.2, 0.25) is 0 Å².